The number of carbonyl (C=O) groups is 1. The predicted octanol–water partition coefficient (Wildman–Crippen LogP) is 4.02. The molecule has 0 saturated carbocycles. The second-order valence-electron chi connectivity index (χ2n) is 6.31. The Balaban J connectivity index is 1.87. The van der Waals surface area contributed by atoms with Crippen molar-refractivity contribution in [1.29, 1.82) is 0 Å². The Hall–Kier alpha value is -3.14. The maximum atomic E-state index is 12.7. The number of aromatic nitrogens is 1. The van der Waals surface area contributed by atoms with Crippen LogP contribution in [0.15, 0.2) is 71.7 Å². The molecule has 4 nitrogen and oxygen atoms in total. The number of hydrogen-bond acceptors (Lipinski definition) is 2. The van der Waals surface area contributed by atoms with Crippen molar-refractivity contribution in [1.82, 2.24) is 4.57 Å². The molecule has 0 radical (unpaired) electrons. The summed E-state index contributed by atoms with van der Waals surface area (Å²) in [6.07, 6.45) is 2.52. The highest BCUT2D eigenvalue weighted by Crippen LogP contribution is 2.16. The molecule has 0 spiro atoms. The molecular formula is C22H22N2O2. The number of pyridine rings is 1. The number of anilines is 1. The summed E-state index contributed by atoms with van der Waals surface area (Å²) in [5.74, 6) is -0.380. The lowest BCUT2D eigenvalue weighted by Gasteiger charge is -2.11. The standard InChI is InChI=1S/C22H22N2O2/c1-3-18-10-4-5-12-20(18)23-21(25)19-11-7-13-24(22(19)26)15-17-9-6-8-16(2)14-17/h4-14H,3,15H2,1-2H3,(H,23,25). The number of nitrogens with one attached hydrogen (secondary N) is 1. The predicted molar refractivity (Wildman–Crippen MR) is 105 cm³/mol. The molecule has 1 heterocycles. The van der Waals surface area contributed by atoms with Gasteiger partial charge in [-0.1, -0.05) is 55.0 Å². The zero-order valence-electron chi connectivity index (χ0n) is 15.0. The van der Waals surface area contributed by atoms with Crippen molar-refractivity contribution in [3.8, 4) is 0 Å². The van der Waals surface area contributed by atoms with Crippen LogP contribution in [-0.4, -0.2) is 10.5 Å². The minimum Gasteiger partial charge on any atom is -0.322 e. The lowest BCUT2D eigenvalue weighted by atomic mass is 10.1. The lowest BCUT2D eigenvalue weighted by molar-refractivity contribution is 0.102. The van der Waals surface area contributed by atoms with Crippen LogP contribution in [0, 0.1) is 6.92 Å². The molecule has 26 heavy (non-hydrogen) atoms. The molecule has 1 amide bonds. The summed E-state index contributed by atoms with van der Waals surface area (Å²) in [4.78, 5) is 25.4. The van der Waals surface area contributed by atoms with E-state index >= 15 is 0 Å². The molecular weight excluding hydrogens is 324 g/mol. The topological polar surface area (TPSA) is 51.1 Å². The fraction of sp³-hybridized carbons (Fsp3) is 0.182. The Morgan fingerprint density at radius 1 is 1.04 bits per heavy atom. The fourth-order valence-electron chi connectivity index (χ4n) is 2.98. The molecule has 0 saturated heterocycles. The van der Waals surface area contributed by atoms with Crippen molar-refractivity contribution >= 4 is 11.6 Å². The number of benzene rings is 2. The average Bonchev–Trinajstić information content (AvgIpc) is 2.64. The van der Waals surface area contributed by atoms with Crippen LogP contribution in [-0.2, 0) is 13.0 Å². The minimum atomic E-state index is -0.380. The van der Waals surface area contributed by atoms with Crippen molar-refractivity contribution in [3.63, 3.8) is 0 Å². The van der Waals surface area contributed by atoms with Gasteiger partial charge in [0.15, 0.2) is 0 Å². The molecule has 132 valence electrons. The van der Waals surface area contributed by atoms with Gasteiger partial charge < -0.3 is 9.88 Å². The average molecular weight is 346 g/mol. The quantitative estimate of drug-likeness (QED) is 0.758. The van der Waals surface area contributed by atoms with Gasteiger partial charge in [0.25, 0.3) is 11.5 Å². The SMILES string of the molecule is CCc1ccccc1NC(=O)c1cccn(Cc2cccc(C)c2)c1=O. The summed E-state index contributed by atoms with van der Waals surface area (Å²) in [5.41, 5.74) is 3.80. The number of nitrogens with zero attached hydrogens (tertiary/aromatic N) is 1. The number of amides is 1. The second-order valence-corrected chi connectivity index (χ2v) is 6.31. The van der Waals surface area contributed by atoms with E-state index < -0.39 is 0 Å². The molecule has 0 atom stereocenters. The summed E-state index contributed by atoms with van der Waals surface area (Å²) in [6.45, 7) is 4.48. The van der Waals surface area contributed by atoms with Gasteiger partial charge in [-0.2, -0.15) is 0 Å². The molecule has 0 unspecified atom stereocenters. The number of carbonyl (C=O) groups excluding carboxylic acids is 1. The van der Waals surface area contributed by atoms with Gasteiger partial charge >= 0.3 is 0 Å². The Labute approximate surface area is 153 Å². The van der Waals surface area contributed by atoms with Crippen LogP contribution in [0.4, 0.5) is 5.69 Å². The van der Waals surface area contributed by atoms with E-state index in [0.717, 1.165) is 28.8 Å². The van der Waals surface area contributed by atoms with Gasteiger partial charge in [-0.05, 0) is 42.7 Å². The summed E-state index contributed by atoms with van der Waals surface area (Å²) in [5, 5.41) is 2.87. The molecule has 0 bridgehead atoms. The zero-order chi connectivity index (χ0) is 18.5. The molecule has 0 aliphatic heterocycles. The number of aryl methyl sites for hydroxylation is 2. The van der Waals surface area contributed by atoms with Crippen molar-refractivity contribution in [2.24, 2.45) is 0 Å². The van der Waals surface area contributed by atoms with Crippen LogP contribution in [0.1, 0.15) is 34.0 Å². The van der Waals surface area contributed by atoms with E-state index in [4.69, 9.17) is 0 Å². The van der Waals surface area contributed by atoms with Gasteiger partial charge in [0.2, 0.25) is 0 Å². The number of rotatable bonds is 5. The van der Waals surface area contributed by atoms with Gasteiger partial charge in [-0.15, -0.1) is 0 Å². The molecule has 0 aliphatic carbocycles. The molecule has 3 rings (SSSR count). The van der Waals surface area contributed by atoms with Gasteiger partial charge in [0.1, 0.15) is 5.56 Å². The normalized spacial score (nSPS) is 10.5. The largest absolute Gasteiger partial charge is 0.322 e. The van der Waals surface area contributed by atoms with Gasteiger partial charge in [-0.3, -0.25) is 9.59 Å². The van der Waals surface area contributed by atoms with E-state index in [0.29, 0.717) is 6.54 Å². The molecule has 3 aromatic rings. The minimum absolute atomic E-state index is 0.144. The van der Waals surface area contributed by atoms with Crippen molar-refractivity contribution in [2.75, 3.05) is 5.32 Å². The fourth-order valence-corrected chi connectivity index (χ4v) is 2.98. The Kier molecular flexibility index (Phi) is 5.32. The third-order valence-corrected chi connectivity index (χ3v) is 4.35. The lowest BCUT2D eigenvalue weighted by Crippen LogP contribution is -2.29. The Morgan fingerprint density at radius 3 is 2.62 bits per heavy atom. The number of para-hydroxylation sites is 1. The van der Waals surface area contributed by atoms with Crippen LogP contribution in [0.3, 0.4) is 0 Å². The van der Waals surface area contributed by atoms with Gasteiger partial charge in [-0.25, -0.2) is 0 Å². The molecule has 1 aromatic heterocycles. The van der Waals surface area contributed by atoms with Crippen LogP contribution < -0.4 is 10.9 Å². The molecule has 1 N–H and O–H groups in total. The first-order valence-electron chi connectivity index (χ1n) is 8.72. The molecule has 0 aliphatic rings. The van der Waals surface area contributed by atoms with Gasteiger partial charge in [0.05, 0.1) is 6.54 Å². The van der Waals surface area contributed by atoms with E-state index in [1.807, 2.05) is 62.4 Å². The van der Waals surface area contributed by atoms with Crippen molar-refractivity contribution < 1.29 is 4.79 Å². The van der Waals surface area contributed by atoms with Crippen LogP contribution in [0.25, 0.3) is 0 Å². The summed E-state index contributed by atoms with van der Waals surface area (Å²) in [7, 11) is 0. The second kappa shape index (κ2) is 7.83. The van der Waals surface area contributed by atoms with Crippen molar-refractivity contribution in [2.45, 2.75) is 26.8 Å². The van der Waals surface area contributed by atoms with E-state index in [1.54, 1.807) is 22.9 Å². The maximum absolute atomic E-state index is 12.7. The maximum Gasteiger partial charge on any atom is 0.263 e. The first-order chi connectivity index (χ1) is 12.6. The van der Waals surface area contributed by atoms with Crippen LogP contribution in [0.5, 0.6) is 0 Å². The van der Waals surface area contributed by atoms with Crippen LogP contribution >= 0.6 is 0 Å². The van der Waals surface area contributed by atoms with E-state index in [-0.39, 0.29) is 17.0 Å². The summed E-state index contributed by atoms with van der Waals surface area (Å²) in [6, 6.07) is 18.9. The Morgan fingerprint density at radius 2 is 1.85 bits per heavy atom. The third kappa shape index (κ3) is 3.91. The zero-order valence-corrected chi connectivity index (χ0v) is 15.0. The highest BCUT2D eigenvalue weighted by atomic mass is 16.2. The first kappa shape index (κ1) is 17.7. The van der Waals surface area contributed by atoms with Gasteiger partial charge in [0, 0.05) is 11.9 Å². The Bertz CT molecular complexity index is 989. The van der Waals surface area contributed by atoms with E-state index in [2.05, 4.69) is 5.32 Å². The third-order valence-electron chi connectivity index (χ3n) is 4.35. The summed E-state index contributed by atoms with van der Waals surface area (Å²) < 4.78 is 1.56. The highest BCUT2D eigenvalue weighted by Gasteiger charge is 2.13. The van der Waals surface area contributed by atoms with E-state index in [1.165, 1.54) is 0 Å². The smallest absolute Gasteiger partial charge is 0.263 e. The first-order valence-corrected chi connectivity index (χ1v) is 8.72. The summed E-state index contributed by atoms with van der Waals surface area (Å²) >= 11 is 0. The van der Waals surface area contributed by atoms with E-state index in [9.17, 15) is 9.59 Å². The number of hydrogen-bond donors (Lipinski definition) is 1. The molecule has 0 fully saturated rings. The molecule has 4 heteroatoms. The van der Waals surface area contributed by atoms with Crippen molar-refractivity contribution in [3.05, 3.63) is 99.5 Å². The highest BCUT2D eigenvalue weighted by molar-refractivity contribution is 6.04. The monoisotopic (exact) mass is 346 g/mol. The molecule has 2 aromatic carbocycles. The van der Waals surface area contributed by atoms with Crippen LogP contribution in [0.2, 0.25) is 0 Å².